The van der Waals surface area contributed by atoms with Crippen LogP contribution < -0.4 is 10.5 Å². The summed E-state index contributed by atoms with van der Waals surface area (Å²) >= 11 is 0. The lowest BCUT2D eigenvalue weighted by atomic mass is 10.1. The molecule has 0 spiro atoms. The van der Waals surface area contributed by atoms with Crippen molar-refractivity contribution < 1.29 is 23.1 Å². The van der Waals surface area contributed by atoms with Crippen molar-refractivity contribution in [3.8, 4) is 5.75 Å². The molecule has 142 valence electrons. The van der Waals surface area contributed by atoms with E-state index in [1.807, 2.05) is 0 Å². The second-order valence-corrected chi connectivity index (χ2v) is 6.38. The Morgan fingerprint density at radius 3 is 2.81 bits per heavy atom. The number of ether oxygens (including phenoxy) is 1. The zero-order valence-electron chi connectivity index (χ0n) is 14.5. The highest BCUT2D eigenvalue weighted by Crippen LogP contribution is 2.20. The molecule has 1 saturated heterocycles. The summed E-state index contributed by atoms with van der Waals surface area (Å²) < 4.78 is 32.6. The van der Waals surface area contributed by atoms with Crippen molar-refractivity contribution in [2.24, 2.45) is 5.73 Å². The molecule has 1 aromatic heterocycles. The van der Waals surface area contributed by atoms with Crippen molar-refractivity contribution in [1.29, 1.82) is 0 Å². The normalized spacial score (nSPS) is 16.8. The van der Waals surface area contributed by atoms with Gasteiger partial charge in [-0.3, -0.25) is 14.6 Å². The molecule has 27 heavy (non-hydrogen) atoms. The molecule has 3 rings (SSSR count). The van der Waals surface area contributed by atoms with E-state index in [-0.39, 0.29) is 29.7 Å². The van der Waals surface area contributed by atoms with Crippen LogP contribution in [0.3, 0.4) is 0 Å². The van der Waals surface area contributed by atoms with E-state index in [1.165, 1.54) is 18.3 Å². The molecule has 1 unspecified atom stereocenters. The number of primary amides is 1. The smallest absolute Gasteiger partial charge is 0.267 e. The Morgan fingerprint density at radius 2 is 2.07 bits per heavy atom. The fraction of sp³-hybridized carbons (Fsp3) is 0.316. The second-order valence-electron chi connectivity index (χ2n) is 6.38. The van der Waals surface area contributed by atoms with Gasteiger partial charge < -0.3 is 15.4 Å². The average Bonchev–Trinajstić information content (AvgIpc) is 2.64. The van der Waals surface area contributed by atoms with Gasteiger partial charge in [0.15, 0.2) is 0 Å². The third-order valence-electron chi connectivity index (χ3n) is 4.37. The largest absolute Gasteiger partial charge is 0.488 e. The molecule has 8 heteroatoms. The van der Waals surface area contributed by atoms with E-state index in [0.29, 0.717) is 18.8 Å². The fourth-order valence-electron chi connectivity index (χ4n) is 3.01. The summed E-state index contributed by atoms with van der Waals surface area (Å²) in [5.74, 6) is -1.86. The number of hydrogen-bond acceptors (Lipinski definition) is 4. The Hall–Kier alpha value is -3.03. The number of nitrogens with zero attached hydrogens (tertiary/aromatic N) is 2. The van der Waals surface area contributed by atoms with E-state index in [2.05, 4.69) is 4.98 Å². The van der Waals surface area contributed by atoms with Gasteiger partial charge in [-0.2, -0.15) is 0 Å². The summed E-state index contributed by atoms with van der Waals surface area (Å²) in [6, 6.07) is 6.25. The topological polar surface area (TPSA) is 85.5 Å². The number of carbonyl (C=O) groups excluding carboxylic acids is 2. The van der Waals surface area contributed by atoms with Crippen LogP contribution in [0.1, 0.15) is 28.9 Å². The van der Waals surface area contributed by atoms with Gasteiger partial charge in [-0.05, 0) is 30.5 Å². The lowest BCUT2D eigenvalue weighted by Crippen LogP contribution is -2.45. The van der Waals surface area contributed by atoms with Gasteiger partial charge in [-0.15, -0.1) is 0 Å². The summed E-state index contributed by atoms with van der Waals surface area (Å²) in [6.07, 6.45) is 2.50. The van der Waals surface area contributed by atoms with Crippen LogP contribution in [0.25, 0.3) is 0 Å². The van der Waals surface area contributed by atoms with Crippen molar-refractivity contribution in [1.82, 2.24) is 9.88 Å². The van der Waals surface area contributed by atoms with Crippen LogP contribution in [0, 0.1) is 11.6 Å². The molecule has 2 N–H and O–H groups in total. The summed E-state index contributed by atoms with van der Waals surface area (Å²) in [5, 5.41) is 0. The number of hydrogen-bond donors (Lipinski definition) is 1. The Labute approximate surface area is 154 Å². The zero-order valence-corrected chi connectivity index (χ0v) is 14.5. The van der Waals surface area contributed by atoms with Crippen LogP contribution in [-0.2, 0) is 11.2 Å². The lowest BCUT2D eigenvalue weighted by Gasteiger charge is -2.33. The summed E-state index contributed by atoms with van der Waals surface area (Å²) in [4.78, 5) is 29.2. The van der Waals surface area contributed by atoms with E-state index in [0.717, 1.165) is 25.0 Å². The van der Waals surface area contributed by atoms with Gasteiger partial charge in [-0.25, -0.2) is 8.78 Å². The maximum Gasteiger partial charge on any atom is 0.267 e. The van der Waals surface area contributed by atoms with Crippen molar-refractivity contribution in [2.45, 2.75) is 25.4 Å². The first-order valence-electron chi connectivity index (χ1n) is 8.56. The fourth-order valence-corrected chi connectivity index (χ4v) is 3.01. The monoisotopic (exact) mass is 375 g/mol. The molecule has 1 fully saturated rings. The number of benzene rings is 1. The summed E-state index contributed by atoms with van der Waals surface area (Å²) in [6.45, 7) is 0.889. The predicted molar refractivity (Wildman–Crippen MR) is 93.0 cm³/mol. The van der Waals surface area contributed by atoms with E-state index >= 15 is 0 Å². The maximum atomic E-state index is 13.8. The molecule has 6 nitrogen and oxygen atoms in total. The highest BCUT2D eigenvalue weighted by atomic mass is 19.1. The molecule has 0 radical (unpaired) electrons. The van der Waals surface area contributed by atoms with Gasteiger partial charge in [0.25, 0.3) is 5.91 Å². The first-order valence-corrected chi connectivity index (χ1v) is 8.56. The number of amides is 2. The molecule has 0 bridgehead atoms. The molecule has 0 aliphatic carbocycles. The lowest BCUT2D eigenvalue weighted by molar-refractivity contribution is -0.133. The summed E-state index contributed by atoms with van der Waals surface area (Å²) in [7, 11) is 0. The number of nitrogens with two attached hydrogens (primary N) is 1. The molecular formula is C19H19F2N3O3. The zero-order chi connectivity index (χ0) is 19.4. The number of piperidine rings is 1. The molecular weight excluding hydrogens is 356 g/mol. The molecule has 2 amide bonds. The standard InChI is InChI=1S/C19H19F2N3O3/c20-13-4-3-12(16(21)9-13)8-18(25)24-7-1-2-15(11-24)27-14-5-6-23-17(10-14)19(22)26/h3-6,9-10,15H,1-2,7-8,11H2,(H2,22,26). The van der Waals surface area contributed by atoms with Crippen LogP contribution >= 0.6 is 0 Å². The minimum atomic E-state index is -0.732. The average molecular weight is 375 g/mol. The minimum absolute atomic E-state index is 0.100. The van der Waals surface area contributed by atoms with Crippen molar-refractivity contribution in [3.63, 3.8) is 0 Å². The maximum absolute atomic E-state index is 13.8. The first kappa shape index (κ1) is 18.8. The van der Waals surface area contributed by atoms with Crippen molar-refractivity contribution >= 4 is 11.8 Å². The third kappa shape index (κ3) is 4.78. The van der Waals surface area contributed by atoms with Crippen molar-refractivity contribution in [3.05, 3.63) is 59.4 Å². The second kappa shape index (κ2) is 8.11. The van der Waals surface area contributed by atoms with E-state index in [4.69, 9.17) is 10.5 Å². The van der Waals surface area contributed by atoms with E-state index < -0.39 is 17.5 Å². The van der Waals surface area contributed by atoms with Gasteiger partial charge in [0.05, 0.1) is 13.0 Å². The number of halogens is 2. The van der Waals surface area contributed by atoms with Crippen LogP contribution in [0.2, 0.25) is 0 Å². The minimum Gasteiger partial charge on any atom is -0.488 e. The van der Waals surface area contributed by atoms with Crippen molar-refractivity contribution in [2.75, 3.05) is 13.1 Å². The van der Waals surface area contributed by atoms with Crippen LogP contribution in [0.15, 0.2) is 36.5 Å². The van der Waals surface area contributed by atoms with Crippen LogP contribution in [0.5, 0.6) is 5.75 Å². The summed E-state index contributed by atoms with van der Waals surface area (Å²) in [5.41, 5.74) is 5.47. The third-order valence-corrected chi connectivity index (χ3v) is 4.37. The van der Waals surface area contributed by atoms with E-state index in [9.17, 15) is 18.4 Å². The molecule has 1 atom stereocenters. The van der Waals surface area contributed by atoms with Gasteiger partial charge in [0, 0.05) is 24.9 Å². The van der Waals surface area contributed by atoms with Gasteiger partial charge in [0.1, 0.15) is 29.2 Å². The highest BCUT2D eigenvalue weighted by molar-refractivity contribution is 5.91. The SMILES string of the molecule is NC(=O)c1cc(OC2CCCN(C(=O)Cc3ccc(F)cc3F)C2)ccn1. The number of pyridine rings is 1. The van der Waals surface area contributed by atoms with E-state index in [1.54, 1.807) is 11.0 Å². The quantitative estimate of drug-likeness (QED) is 0.867. The highest BCUT2D eigenvalue weighted by Gasteiger charge is 2.25. The molecule has 1 aromatic carbocycles. The van der Waals surface area contributed by atoms with Crippen LogP contribution in [0.4, 0.5) is 8.78 Å². The predicted octanol–water partition coefficient (Wildman–Crippen LogP) is 2.07. The molecule has 2 aromatic rings. The Balaban J connectivity index is 1.62. The van der Waals surface area contributed by atoms with Gasteiger partial charge in [-0.1, -0.05) is 6.07 Å². The number of rotatable bonds is 5. The molecule has 0 saturated carbocycles. The van der Waals surface area contributed by atoms with Gasteiger partial charge >= 0.3 is 0 Å². The van der Waals surface area contributed by atoms with Gasteiger partial charge in [0.2, 0.25) is 5.91 Å². The number of likely N-dealkylation sites (tertiary alicyclic amines) is 1. The van der Waals surface area contributed by atoms with Crippen LogP contribution in [-0.4, -0.2) is 40.9 Å². The first-order chi connectivity index (χ1) is 12.9. The number of carbonyl (C=O) groups is 2. The Morgan fingerprint density at radius 1 is 1.26 bits per heavy atom. The molecule has 1 aliphatic heterocycles. The molecule has 2 heterocycles. The Kier molecular flexibility index (Phi) is 5.63. The Bertz CT molecular complexity index is 860. The number of aromatic nitrogens is 1. The molecule has 1 aliphatic rings.